The Bertz CT molecular complexity index is 2540. The van der Waals surface area contributed by atoms with Crippen molar-refractivity contribution in [2.75, 3.05) is 19.0 Å². The number of amides is 1. The summed E-state index contributed by atoms with van der Waals surface area (Å²) in [4.78, 5) is 39.3. The first-order valence-electron chi connectivity index (χ1n) is 17.1. The minimum absolute atomic E-state index is 0.0152. The minimum Gasteiger partial charge on any atom is -0.493 e. The zero-order chi connectivity index (χ0) is 35.5. The molecule has 7 heterocycles. The molecule has 11 rings (SSSR count). The van der Waals surface area contributed by atoms with Gasteiger partial charge in [-0.1, -0.05) is 12.1 Å². The van der Waals surface area contributed by atoms with Crippen molar-refractivity contribution in [3.05, 3.63) is 110 Å². The lowest BCUT2D eigenvalue weighted by Gasteiger charge is -2.37. The lowest BCUT2D eigenvalue weighted by Crippen LogP contribution is -2.40. The highest BCUT2D eigenvalue weighted by Crippen LogP contribution is 2.63. The number of H-pyrrole nitrogens is 1. The average Bonchev–Trinajstić information content (AvgIpc) is 3.96. The zero-order valence-corrected chi connectivity index (χ0v) is 28.5. The van der Waals surface area contributed by atoms with Crippen molar-refractivity contribution in [2.24, 2.45) is 5.92 Å². The molecule has 1 spiro atoms. The van der Waals surface area contributed by atoms with Gasteiger partial charge in [0.25, 0.3) is 11.8 Å². The summed E-state index contributed by atoms with van der Waals surface area (Å²) in [6.07, 6.45) is 5.19. The molecule has 4 aromatic heterocycles. The highest BCUT2D eigenvalue weighted by molar-refractivity contribution is 7.23. The van der Waals surface area contributed by atoms with Crippen LogP contribution in [0.3, 0.4) is 0 Å². The molecule has 1 saturated carbocycles. The van der Waals surface area contributed by atoms with E-state index in [1.54, 1.807) is 18.3 Å². The van der Waals surface area contributed by atoms with Crippen LogP contribution in [0, 0.1) is 23.4 Å². The van der Waals surface area contributed by atoms with E-state index in [9.17, 15) is 18.4 Å². The number of halogens is 3. The number of nitrogens with one attached hydrogen (secondary N) is 2. The van der Waals surface area contributed by atoms with Crippen molar-refractivity contribution in [1.82, 2.24) is 25.1 Å². The molecule has 3 fully saturated rings. The van der Waals surface area contributed by atoms with Crippen molar-refractivity contribution in [3.63, 3.8) is 0 Å². The lowest BCUT2D eigenvalue weighted by molar-refractivity contribution is 0.0637. The predicted molar refractivity (Wildman–Crippen MR) is 186 cm³/mol. The van der Waals surface area contributed by atoms with Crippen LogP contribution in [-0.2, 0) is 24.8 Å². The number of ether oxygens (including phenoxy) is 1. The van der Waals surface area contributed by atoms with E-state index in [4.69, 9.17) is 14.1 Å². The Morgan fingerprint density at radius 3 is 2.65 bits per heavy atom. The SMILES string of the molecule is COc1c(F)cc(F)c2c1CCC2Nc1nccc2cc(-c3c4c(nc(CCc5ccc(F)cc5)c3-c3n[nH]c(=O)o3)C35CC(CN3C4=O)C5)sc12. The van der Waals surface area contributed by atoms with Gasteiger partial charge in [-0.25, -0.2) is 28.0 Å². The number of carbonyl (C=O) groups is 1. The van der Waals surface area contributed by atoms with Crippen LogP contribution in [0.25, 0.3) is 32.0 Å². The first-order chi connectivity index (χ1) is 25.2. The highest BCUT2D eigenvalue weighted by Gasteiger charge is 2.65. The molecule has 6 aromatic rings. The number of aryl methyl sites for hydroxylation is 2. The van der Waals surface area contributed by atoms with E-state index in [1.165, 1.54) is 30.6 Å². The van der Waals surface area contributed by atoms with Gasteiger partial charge in [0.05, 0.1) is 45.9 Å². The van der Waals surface area contributed by atoms with Gasteiger partial charge in [-0.15, -0.1) is 16.4 Å². The van der Waals surface area contributed by atoms with Crippen LogP contribution in [0.4, 0.5) is 19.0 Å². The van der Waals surface area contributed by atoms with Gasteiger partial charge in [0.15, 0.2) is 11.6 Å². The lowest BCUT2D eigenvalue weighted by atomic mass is 9.71. The fraction of sp³-hybridized carbons (Fsp3) is 0.289. The number of anilines is 1. The summed E-state index contributed by atoms with van der Waals surface area (Å²) in [6, 6.07) is 10.5. The number of fused-ring (bicyclic) bond motifs is 3. The Hall–Kier alpha value is -5.50. The Labute approximate surface area is 297 Å². The summed E-state index contributed by atoms with van der Waals surface area (Å²) in [7, 11) is 1.37. The average molecular weight is 723 g/mol. The summed E-state index contributed by atoms with van der Waals surface area (Å²) < 4.78 is 55.1. The number of hydrogen-bond donors (Lipinski definition) is 2. The molecule has 5 aliphatic rings. The van der Waals surface area contributed by atoms with E-state index >= 15 is 4.39 Å². The second kappa shape index (κ2) is 11.2. The third-order valence-corrected chi connectivity index (χ3v) is 12.3. The molecule has 2 aliphatic carbocycles. The van der Waals surface area contributed by atoms with E-state index in [2.05, 4.69) is 20.5 Å². The normalized spacial score (nSPS) is 21.0. The summed E-state index contributed by atoms with van der Waals surface area (Å²) in [6.45, 7) is 0.658. The number of hydrogen-bond acceptors (Lipinski definition) is 9. The van der Waals surface area contributed by atoms with E-state index in [-0.39, 0.29) is 23.4 Å². The minimum atomic E-state index is -0.745. The molecule has 1 amide bonds. The van der Waals surface area contributed by atoms with Crippen LogP contribution >= 0.6 is 11.3 Å². The van der Waals surface area contributed by atoms with E-state index in [0.717, 1.165) is 45.1 Å². The van der Waals surface area contributed by atoms with Gasteiger partial charge in [0, 0.05) is 40.4 Å². The van der Waals surface area contributed by atoms with Gasteiger partial charge < -0.3 is 19.4 Å². The molecule has 262 valence electrons. The number of nitrogens with zero attached hydrogens (tertiary/aromatic N) is 4. The van der Waals surface area contributed by atoms with Crippen molar-refractivity contribution in [3.8, 4) is 27.6 Å². The molecule has 14 heteroatoms. The quantitative estimate of drug-likeness (QED) is 0.171. The third kappa shape index (κ3) is 4.45. The first-order valence-corrected chi connectivity index (χ1v) is 17.9. The molecule has 52 heavy (non-hydrogen) atoms. The van der Waals surface area contributed by atoms with Crippen molar-refractivity contribution in [2.45, 2.75) is 50.1 Å². The second-order valence-electron chi connectivity index (χ2n) is 14.0. The maximum absolute atomic E-state index is 15.2. The van der Waals surface area contributed by atoms with Crippen LogP contribution in [0.2, 0.25) is 0 Å². The van der Waals surface area contributed by atoms with Crippen LogP contribution in [-0.4, -0.2) is 44.6 Å². The molecule has 2 saturated heterocycles. The van der Waals surface area contributed by atoms with Crippen LogP contribution < -0.4 is 15.8 Å². The maximum atomic E-state index is 15.2. The van der Waals surface area contributed by atoms with Crippen LogP contribution in [0.1, 0.15) is 63.7 Å². The van der Waals surface area contributed by atoms with E-state index in [0.29, 0.717) is 77.5 Å². The van der Waals surface area contributed by atoms with Gasteiger partial charge in [-0.05, 0) is 79.7 Å². The largest absolute Gasteiger partial charge is 0.493 e. The Balaban J connectivity index is 1.14. The molecule has 1 unspecified atom stereocenters. The highest BCUT2D eigenvalue weighted by atomic mass is 32.1. The number of methoxy groups -OCH3 is 1. The molecule has 1 atom stereocenters. The number of rotatable bonds is 8. The topological polar surface area (TPSA) is 126 Å². The Kier molecular flexibility index (Phi) is 6.76. The van der Waals surface area contributed by atoms with Gasteiger partial charge >= 0.3 is 5.76 Å². The number of aromatic nitrogens is 4. The first kappa shape index (κ1) is 31.3. The molecule has 3 aliphatic heterocycles. The predicted octanol–water partition coefficient (Wildman–Crippen LogP) is 7.09. The van der Waals surface area contributed by atoms with Gasteiger partial charge in [-0.3, -0.25) is 9.78 Å². The number of carbonyl (C=O) groups excluding carboxylic acids is 1. The zero-order valence-electron chi connectivity index (χ0n) is 27.7. The molecule has 2 N–H and O–H groups in total. The standard InChI is InChI=1S/C38H29F3N6O4S/c1-50-31-21-7-9-24(27(21)22(40)13-23(31)41)44-34-32-19(10-11-42-34)12-26(52-32)29-28(35-45-46-37(49)51-35)25(8-4-17-2-5-20(39)6-3-17)43-33-30(29)36(48)47-16-18-14-38(33,47)15-18/h2-3,5-6,10-13,18,24H,4,7-9,14-16H2,1H3,(H,42,44)(H,46,49). The van der Waals surface area contributed by atoms with Crippen molar-refractivity contribution in [1.29, 1.82) is 0 Å². The summed E-state index contributed by atoms with van der Waals surface area (Å²) in [5.41, 5.74) is 4.10. The second-order valence-corrected chi connectivity index (χ2v) is 15.0. The molecular formula is C38H29F3N6O4S. The summed E-state index contributed by atoms with van der Waals surface area (Å²) in [5.74, 6) is -1.57. The van der Waals surface area contributed by atoms with Crippen LogP contribution in [0.15, 0.2) is 57.9 Å². The van der Waals surface area contributed by atoms with Crippen LogP contribution in [0.5, 0.6) is 5.75 Å². The summed E-state index contributed by atoms with van der Waals surface area (Å²) in [5, 5.41) is 10.8. The fourth-order valence-corrected chi connectivity index (χ4v) is 10.1. The molecule has 2 bridgehead atoms. The number of thiophene rings is 1. The smallest absolute Gasteiger partial charge is 0.434 e. The Morgan fingerprint density at radius 1 is 1.06 bits per heavy atom. The third-order valence-electron chi connectivity index (χ3n) is 11.2. The van der Waals surface area contributed by atoms with E-state index < -0.39 is 29.0 Å². The number of pyridine rings is 2. The molecule has 2 aromatic carbocycles. The van der Waals surface area contributed by atoms with Gasteiger partial charge in [0.1, 0.15) is 17.5 Å². The Morgan fingerprint density at radius 2 is 1.88 bits per heavy atom. The van der Waals surface area contributed by atoms with Gasteiger partial charge in [-0.2, -0.15) is 0 Å². The molecular weight excluding hydrogens is 694 g/mol. The summed E-state index contributed by atoms with van der Waals surface area (Å²) >= 11 is 1.40. The number of benzene rings is 2. The number of aromatic amines is 1. The molecule has 0 radical (unpaired) electrons. The van der Waals surface area contributed by atoms with Crippen molar-refractivity contribution >= 4 is 33.1 Å². The monoisotopic (exact) mass is 722 g/mol. The molecule has 10 nitrogen and oxygen atoms in total. The fourth-order valence-electron chi connectivity index (χ4n) is 8.94. The van der Waals surface area contributed by atoms with Gasteiger partial charge in [0.2, 0.25) is 0 Å². The maximum Gasteiger partial charge on any atom is 0.434 e. The van der Waals surface area contributed by atoms with E-state index in [1.807, 2.05) is 17.0 Å². The van der Waals surface area contributed by atoms with Crippen molar-refractivity contribution < 1.29 is 27.1 Å².